The van der Waals surface area contributed by atoms with Crippen LogP contribution in [-0.2, 0) is 9.22 Å². The van der Waals surface area contributed by atoms with E-state index in [4.69, 9.17) is 4.43 Å². The molecule has 0 atom stereocenters. The molecule has 0 N–H and O–H groups in total. The fourth-order valence-corrected chi connectivity index (χ4v) is 5.78. The molecule has 0 bridgehead atoms. The van der Waals surface area contributed by atoms with Crippen molar-refractivity contribution in [2.45, 2.75) is 64.8 Å². The van der Waals surface area contributed by atoms with Crippen LogP contribution in [0.3, 0.4) is 0 Å². The molecule has 1 aliphatic carbocycles. The van der Waals surface area contributed by atoms with Gasteiger partial charge in [-0.05, 0) is 17.8 Å². The SMILES string of the molecule is C=CC(=O)O[SiH2]C(C(C)C)(C(C)C)C1CCCCC1. The third-order valence-electron chi connectivity index (χ3n) is 5.15. The van der Waals surface area contributed by atoms with E-state index in [1.54, 1.807) is 0 Å². The van der Waals surface area contributed by atoms with Crippen LogP contribution in [0.1, 0.15) is 59.8 Å². The molecule has 0 aromatic carbocycles. The van der Waals surface area contributed by atoms with Crippen molar-refractivity contribution in [1.29, 1.82) is 0 Å². The van der Waals surface area contributed by atoms with Crippen LogP contribution in [-0.4, -0.2) is 15.7 Å². The summed E-state index contributed by atoms with van der Waals surface area (Å²) in [5, 5.41) is 0.249. The standard InChI is InChI=1S/C16H30O2Si/c1-6-15(17)18-19-16(12(2)3,13(4)5)14-10-8-7-9-11-14/h6,12-14H,1,7-11,19H2,2-5H3. The highest BCUT2D eigenvalue weighted by molar-refractivity contribution is 6.36. The minimum Gasteiger partial charge on any atom is -0.521 e. The molecule has 1 aliphatic rings. The molecule has 0 saturated heterocycles. The lowest BCUT2D eigenvalue weighted by molar-refractivity contribution is -0.129. The van der Waals surface area contributed by atoms with Crippen LogP contribution >= 0.6 is 0 Å². The molecule has 0 aromatic heterocycles. The third kappa shape index (κ3) is 3.71. The quantitative estimate of drug-likeness (QED) is 0.546. The van der Waals surface area contributed by atoms with Gasteiger partial charge in [0.25, 0.3) is 0 Å². The summed E-state index contributed by atoms with van der Waals surface area (Å²) in [4.78, 5) is 11.5. The molecule has 19 heavy (non-hydrogen) atoms. The predicted octanol–water partition coefficient (Wildman–Crippen LogP) is 3.85. The van der Waals surface area contributed by atoms with E-state index in [-0.39, 0.29) is 11.0 Å². The van der Waals surface area contributed by atoms with E-state index in [0.29, 0.717) is 11.8 Å². The van der Waals surface area contributed by atoms with Crippen molar-refractivity contribution in [2.75, 3.05) is 0 Å². The van der Waals surface area contributed by atoms with Gasteiger partial charge in [-0.2, -0.15) is 0 Å². The van der Waals surface area contributed by atoms with Crippen LogP contribution in [0.4, 0.5) is 0 Å². The molecule has 0 radical (unpaired) electrons. The Kier molecular flexibility index (Phi) is 6.31. The molecule has 0 heterocycles. The molecule has 0 aromatic rings. The maximum Gasteiger partial charge on any atom is 0.316 e. The van der Waals surface area contributed by atoms with Gasteiger partial charge in [0.1, 0.15) is 0 Å². The third-order valence-corrected chi connectivity index (χ3v) is 8.29. The normalized spacial score (nSPS) is 18.4. The molecule has 1 rings (SSSR count). The Labute approximate surface area is 120 Å². The molecular formula is C16H30O2Si. The first-order valence-corrected chi connectivity index (χ1v) is 9.02. The monoisotopic (exact) mass is 282 g/mol. The van der Waals surface area contributed by atoms with Gasteiger partial charge in [-0.1, -0.05) is 66.4 Å². The second-order valence-corrected chi connectivity index (χ2v) is 8.37. The number of hydrogen-bond donors (Lipinski definition) is 0. The molecule has 0 spiro atoms. The Bertz CT molecular complexity index is 296. The smallest absolute Gasteiger partial charge is 0.316 e. The maximum absolute atomic E-state index is 11.5. The largest absolute Gasteiger partial charge is 0.521 e. The molecule has 2 nitrogen and oxygen atoms in total. The van der Waals surface area contributed by atoms with Crippen molar-refractivity contribution in [3.8, 4) is 0 Å². The van der Waals surface area contributed by atoms with Gasteiger partial charge < -0.3 is 4.43 Å². The first kappa shape index (κ1) is 16.5. The fraction of sp³-hybridized carbons (Fsp3) is 0.812. The van der Waals surface area contributed by atoms with E-state index >= 15 is 0 Å². The van der Waals surface area contributed by atoms with Crippen LogP contribution in [0.2, 0.25) is 5.04 Å². The molecule has 3 heteroatoms. The molecule has 1 fully saturated rings. The average Bonchev–Trinajstić information content (AvgIpc) is 2.39. The number of rotatable bonds is 6. The highest BCUT2D eigenvalue weighted by Gasteiger charge is 2.45. The second-order valence-electron chi connectivity index (χ2n) is 6.57. The lowest BCUT2D eigenvalue weighted by Gasteiger charge is -2.48. The summed E-state index contributed by atoms with van der Waals surface area (Å²) in [6.07, 6.45) is 7.99. The van der Waals surface area contributed by atoms with Crippen molar-refractivity contribution in [3.63, 3.8) is 0 Å². The van der Waals surface area contributed by atoms with Crippen molar-refractivity contribution >= 4 is 15.7 Å². The van der Waals surface area contributed by atoms with Crippen LogP contribution < -0.4 is 0 Å². The van der Waals surface area contributed by atoms with Crippen LogP contribution in [0.5, 0.6) is 0 Å². The minimum atomic E-state index is -0.901. The van der Waals surface area contributed by atoms with E-state index < -0.39 is 9.76 Å². The van der Waals surface area contributed by atoms with Crippen LogP contribution in [0, 0.1) is 17.8 Å². The first-order valence-electron chi connectivity index (χ1n) is 7.74. The summed E-state index contributed by atoms with van der Waals surface area (Å²) < 4.78 is 5.61. The van der Waals surface area contributed by atoms with E-state index in [2.05, 4.69) is 34.3 Å². The van der Waals surface area contributed by atoms with Gasteiger partial charge in [-0.25, -0.2) is 4.79 Å². The summed E-state index contributed by atoms with van der Waals surface area (Å²) in [5.41, 5.74) is 0. The summed E-state index contributed by atoms with van der Waals surface area (Å²) >= 11 is 0. The van der Waals surface area contributed by atoms with E-state index in [0.717, 1.165) is 5.92 Å². The zero-order valence-corrected chi connectivity index (χ0v) is 14.5. The molecular weight excluding hydrogens is 252 g/mol. The Hall–Kier alpha value is -0.573. The van der Waals surface area contributed by atoms with Crippen molar-refractivity contribution in [2.24, 2.45) is 17.8 Å². The maximum atomic E-state index is 11.5. The highest BCUT2D eigenvalue weighted by Crippen LogP contribution is 2.54. The topological polar surface area (TPSA) is 26.3 Å². The van der Waals surface area contributed by atoms with E-state index in [1.807, 2.05) is 0 Å². The Morgan fingerprint density at radius 1 is 1.21 bits per heavy atom. The van der Waals surface area contributed by atoms with E-state index in [1.165, 1.54) is 38.2 Å². The molecule has 1 saturated carbocycles. The summed E-state index contributed by atoms with van der Waals surface area (Å²) in [7, 11) is -0.901. The van der Waals surface area contributed by atoms with Gasteiger partial charge in [0.05, 0.1) is 0 Å². The zero-order chi connectivity index (χ0) is 14.5. The molecule has 110 valence electrons. The van der Waals surface area contributed by atoms with Gasteiger partial charge in [0.15, 0.2) is 0 Å². The van der Waals surface area contributed by atoms with Gasteiger partial charge in [0, 0.05) is 11.1 Å². The van der Waals surface area contributed by atoms with Crippen molar-refractivity contribution < 1.29 is 9.22 Å². The lowest BCUT2D eigenvalue weighted by atomic mass is 9.69. The van der Waals surface area contributed by atoms with Gasteiger partial charge in [-0.3, -0.25) is 0 Å². The average molecular weight is 282 g/mol. The molecule has 0 aliphatic heterocycles. The lowest BCUT2D eigenvalue weighted by Crippen LogP contribution is -2.41. The van der Waals surface area contributed by atoms with Gasteiger partial charge in [0.2, 0.25) is 9.76 Å². The van der Waals surface area contributed by atoms with Crippen LogP contribution in [0.15, 0.2) is 12.7 Å². The van der Waals surface area contributed by atoms with Crippen LogP contribution in [0.25, 0.3) is 0 Å². The van der Waals surface area contributed by atoms with E-state index in [9.17, 15) is 4.79 Å². The van der Waals surface area contributed by atoms with Crippen molar-refractivity contribution in [1.82, 2.24) is 0 Å². The summed E-state index contributed by atoms with van der Waals surface area (Å²) in [6.45, 7) is 12.7. The van der Waals surface area contributed by atoms with Gasteiger partial charge >= 0.3 is 5.97 Å². The predicted molar refractivity (Wildman–Crippen MR) is 83.8 cm³/mol. The molecule has 0 unspecified atom stereocenters. The summed E-state index contributed by atoms with van der Waals surface area (Å²) in [5.74, 6) is 1.68. The zero-order valence-electron chi connectivity index (χ0n) is 13.1. The second kappa shape index (κ2) is 7.27. The number of hydrogen-bond acceptors (Lipinski definition) is 2. The Morgan fingerprint density at radius 3 is 2.16 bits per heavy atom. The Morgan fingerprint density at radius 2 is 1.74 bits per heavy atom. The van der Waals surface area contributed by atoms with Gasteiger partial charge in [-0.15, -0.1) is 0 Å². The molecule has 0 amide bonds. The fourth-order valence-electron chi connectivity index (χ4n) is 3.96. The number of carbonyl (C=O) groups is 1. The van der Waals surface area contributed by atoms with Crippen molar-refractivity contribution in [3.05, 3.63) is 12.7 Å². The Balaban J connectivity index is 2.92. The summed E-state index contributed by atoms with van der Waals surface area (Å²) in [6, 6.07) is 0. The first-order chi connectivity index (χ1) is 8.95. The minimum absolute atomic E-state index is 0.229. The highest BCUT2D eigenvalue weighted by atomic mass is 28.2. The number of carbonyl (C=O) groups excluding carboxylic acids is 1.